The van der Waals surface area contributed by atoms with Crippen LogP contribution in [0.4, 0.5) is 11.6 Å². The largest absolute Gasteiger partial charge is 0.497 e. The zero-order chi connectivity index (χ0) is 27.6. The number of thiazole rings is 1. The van der Waals surface area contributed by atoms with Crippen molar-refractivity contribution in [3.63, 3.8) is 0 Å². The minimum absolute atomic E-state index is 0.231. The van der Waals surface area contributed by atoms with Gasteiger partial charge < -0.3 is 19.4 Å². The molecule has 2 aromatic heterocycles. The highest BCUT2D eigenvalue weighted by atomic mass is 32.1. The van der Waals surface area contributed by atoms with Crippen molar-refractivity contribution in [1.82, 2.24) is 4.57 Å². The van der Waals surface area contributed by atoms with Crippen molar-refractivity contribution in [2.24, 2.45) is 4.99 Å². The summed E-state index contributed by atoms with van der Waals surface area (Å²) in [5.41, 5.74) is 2.15. The molecule has 0 saturated carbocycles. The van der Waals surface area contributed by atoms with Crippen molar-refractivity contribution < 1.29 is 13.9 Å². The van der Waals surface area contributed by atoms with E-state index in [9.17, 15) is 9.59 Å². The number of rotatable bonds is 6. The Morgan fingerprint density at radius 3 is 2.65 bits per heavy atom. The maximum absolute atomic E-state index is 13.9. The molecule has 6 rings (SSSR count). The SMILES string of the molecule is COc1cccc([C@@H]2C(C(=O)Nc3ccccc3)=C(C)N=c3s/c(=C/c4ccc(N5CCCCC5)o4)c(=O)n32)c1. The molecule has 1 saturated heterocycles. The molecule has 2 aromatic carbocycles. The highest BCUT2D eigenvalue weighted by Crippen LogP contribution is 2.32. The molecule has 1 N–H and O–H groups in total. The first kappa shape index (κ1) is 25.9. The van der Waals surface area contributed by atoms with Crippen LogP contribution in [-0.4, -0.2) is 30.7 Å². The van der Waals surface area contributed by atoms with E-state index < -0.39 is 6.04 Å². The molecule has 4 aromatic rings. The number of carbonyl (C=O) groups is 1. The van der Waals surface area contributed by atoms with E-state index in [1.165, 1.54) is 17.8 Å². The van der Waals surface area contributed by atoms with Crippen LogP contribution >= 0.6 is 11.3 Å². The number of anilines is 2. The molecule has 9 heteroatoms. The second-order valence-corrected chi connectivity index (χ2v) is 10.9. The summed E-state index contributed by atoms with van der Waals surface area (Å²) in [5, 5.41) is 2.97. The topological polar surface area (TPSA) is 89.1 Å². The summed E-state index contributed by atoms with van der Waals surface area (Å²) in [6, 6.07) is 19.9. The number of carbonyl (C=O) groups excluding carboxylic acids is 1. The van der Waals surface area contributed by atoms with Gasteiger partial charge in [0, 0.05) is 30.9 Å². The van der Waals surface area contributed by atoms with E-state index in [-0.39, 0.29) is 11.5 Å². The molecular weight excluding hydrogens is 524 g/mol. The molecule has 0 spiro atoms. The van der Waals surface area contributed by atoms with Crippen LogP contribution in [-0.2, 0) is 4.79 Å². The maximum atomic E-state index is 13.9. The Labute approximate surface area is 235 Å². The van der Waals surface area contributed by atoms with Gasteiger partial charge in [-0.15, -0.1) is 0 Å². The smallest absolute Gasteiger partial charge is 0.271 e. The van der Waals surface area contributed by atoms with Crippen molar-refractivity contribution in [2.75, 3.05) is 30.4 Å². The van der Waals surface area contributed by atoms with Crippen molar-refractivity contribution in [1.29, 1.82) is 0 Å². The lowest BCUT2D eigenvalue weighted by Gasteiger charge is -2.25. The van der Waals surface area contributed by atoms with Gasteiger partial charge in [-0.3, -0.25) is 14.2 Å². The monoisotopic (exact) mass is 554 g/mol. The van der Waals surface area contributed by atoms with Gasteiger partial charge in [0.25, 0.3) is 11.5 Å². The zero-order valence-electron chi connectivity index (χ0n) is 22.4. The summed E-state index contributed by atoms with van der Waals surface area (Å²) in [6.07, 6.45) is 5.31. The van der Waals surface area contributed by atoms with Crippen LogP contribution in [0.15, 0.2) is 92.2 Å². The molecule has 0 bridgehead atoms. The fourth-order valence-electron chi connectivity index (χ4n) is 5.29. The Kier molecular flexibility index (Phi) is 7.13. The van der Waals surface area contributed by atoms with Crippen molar-refractivity contribution in [3.8, 4) is 5.75 Å². The van der Waals surface area contributed by atoms with Gasteiger partial charge in [-0.25, -0.2) is 4.99 Å². The summed E-state index contributed by atoms with van der Waals surface area (Å²) in [7, 11) is 1.59. The van der Waals surface area contributed by atoms with Crippen LogP contribution in [0.25, 0.3) is 6.08 Å². The van der Waals surface area contributed by atoms with Crippen molar-refractivity contribution in [2.45, 2.75) is 32.2 Å². The lowest BCUT2D eigenvalue weighted by Crippen LogP contribution is -2.40. The van der Waals surface area contributed by atoms with Crippen LogP contribution < -0.4 is 29.8 Å². The molecule has 204 valence electrons. The fraction of sp³-hybridized carbons (Fsp3) is 0.258. The number of hydrogen-bond donors (Lipinski definition) is 1. The number of hydrogen-bond acceptors (Lipinski definition) is 7. The van der Waals surface area contributed by atoms with E-state index in [1.807, 2.05) is 73.7 Å². The van der Waals surface area contributed by atoms with Gasteiger partial charge in [-0.05, 0) is 62.1 Å². The number of aromatic nitrogens is 1. The molecule has 0 unspecified atom stereocenters. The maximum Gasteiger partial charge on any atom is 0.271 e. The number of methoxy groups -OCH3 is 1. The summed E-state index contributed by atoms with van der Waals surface area (Å²) < 4.78 is 13.7. The third kappa shape index (κ3) is 5.00. The number of allylic oxidation sites excluding steroid dienone is 1. The third-order valence-corrected chi connectivity index (χ3v) is 8.24. The number of nitrogens with zero attached hydrogens (tertiary/aromatic N) is 3. The highest BCUT2D eigenvalue weighted by molar-refractivity contribution is 7.07. The predicted molar refractivity (Wildman–Crippen MR) is 157 cm³/mol. The Hall–Kier alpha value is -4.37. The second kappa shape index (κ2) is 11.0. The van der Waals surface area contributed by atoms with Crippen LogP contribution in [0.1, 0.15) is 43.6 Å². The van der Waals surface area contributed by atoms with E-state index in [0.717, 1.165) is 37.4 Å². The Balaban J connectivity index is 1.44. The Morgan fingerprint density at radius 2 is 1.88 bits per heavy atom. The van der Waals surface area contributed by atoms with Crippen LogP contribution in [0.2, 0.25) is 0 Å². The normalized spacial score (nSPS) is 17.4. The first-order chi connectivity index (χ1) is 19.5. The molecule has 0 radical (unpaired) electrons. The quantitative estimate of drug-likeness (QED) is 0.380. The van der Waals surface area contributed by atoms with E-state index in [0.29, 0.717) is 37.8 Å². The molecule has 1 amide bonds. The number of ether oxygens (including phenoxy) is 1. The molecule has 40 heavy (non-hydrogen) atoms. The molecule has 2 aliphatic heterocycles. The molecular formula is C31H30N4O4S. The molecule has 0 aliphatic carbocycles. The number of nitrogens with one attached hydrogen (secondary N) is 1. The molecule has 4 heterocycles. The first-order valence-electron chi connectivity index (χ1n) is 13.4. The van der Waals surface area contributed by atoms with Crippen molar-refractivity contribution >= 4 is 34.9 Å². The predicted octanol–water partition coefficient (Wildman–Crippen LogP) is 4.47. The third-order valence-electron chi connectivity index (χ3n) is 7.26. The lowest BCUT2D eigenvalue weighted by atomic mass is 9.95. The van der Waals surface area contributed by atoms with Crippen LogP contribution in [0, 0.1) is 0 Å². The second-order valence-electron chi connectivity index (χ2n) is 9.90. The summed E-state index contributed by atoms with van der Waals surface area (Å²) in [5.74, 6) is 1.76. The van der Waals surface area contributed by atoms with Gasteiger partial charge in [0.2, 0.25) is 0 Å². The summed E-state index contributed by atoms with van der Waals surface area (Å²) in [4.78, 5) is 35.1. The van der Waals surface area contributed by atoms with Gasteiger partial charge in [-0.2, -0.15) is 0 Å². The average molecular weight is 555 g/mol. The molecule has 8 nitrogen and oxygen atoms in total. The van der Waals surface area contributed by atoms with Gasteiger partial charge in [0.15, 0.2) is 10.7 Å². The fourth-order valence-corrected chi connectivity index (χ4v) is 6.32. The standard InChI is InChI=1S/C31H30N4O4S/c1-20-27(29(36)33-22-11-5-3-6-12-22)28(21-10-9-13-23(18-21)38-2)35-30(37)25(40-31(35)32-20)19-24-14-15-26(39-24)34-16-7-4-8-17-34/h3,5-6,9-15,18-19,28H,4,7-8,16-17H2,1-2H3,(H,33,36)/b25-19+/t28-/m1/s1. The highest BCUT2D eigenvalue weighted by Gasteiger charge is 2.33. The van der Waals surface area contributed by atoms with Gasteiger partial charge in [0.05, 0.1) is 29.0 Å². The summed E-state index contributed by atoms with van der Waals surface area (Å²) in [6.45, 7) is 3.76. The molecule has 1 fully saturated rings. The van der Waals surface area contributed by atoms with E-state index in [1.54, 1.807) is 17.8 Å². The van der Waals surface area contributed by atoms with Crippen LogP contribution in [0.5, 0.6) is 5.75 Å². The summed E-state index contributed by atoms with van der Waals surface area (Å²) >= 11 is 1.29. The lowest BCUT2D eigenvalue weighted by molar-refractivity contribution is -0.113. The minimum Gasteiger partial charge on any atom is -0.497 e. The molecule has 1 atom stereocenters. The number of benzene rings is 2. The zero-order valence-corrected chi connectivity index (χ0v) is 23.2. The van der Waals surface area contributed by atoms with Gasteiger partial charge in [-0.1, -0.05) is 41.7 Å². The van der Waals surface area contributed by atoms with E-state index >= 15 is 0 Å². The molecule has 2 aliphatic rings. The van der Waals surface area contributed by atoms with Crippen molar-refractivity contribution in [3.05, 3.63) is 109 Å². The average Bonchev–Trinajstić information content (AvgIpc) is 3.57. The Bertz CT molecular complexity index is 1760. The van der Waals surface area contributed by atoms with Crippen LogP contribution in [0.3, 0.4) is 0 Å². The van der Waals surface area contributed by atoms with E-state index in [2.05, 4.69) is 10.2 Å². The van der Waals surface area contributed by atoms with Gasteiger partial charge >= 0.3 is 0 Å². The van der Waals surface area contributed by atoms with E-state index in [4.69, 9.17) is 14.1 Å². The number of piperidine rings is 1. The first-order valence-corrected chi connectivity index (χ1v) is 14.2. The van der Waals surface area contributed by atoms with Gasteiger partial charge in [0.1, 0.15) is 11.5 Å². The number of para-hydroxylation sites is 1. The number of fused-ring (bicyclic) bond motifs is 1. The number of amides is 1. The number of furan rings is 1. The Morgan fingerprint density at radius 1 is 1.07 bits per heavy atom. The minimum atomic E-state index is -0.683.